The Balaban J connectivity index is 1.97. The van der Waals surface area contributed by atoms with E-state index in [0.717, 1.165) is 49.5 Å². The lowest BCUT2D eigenvalue weighted by atomic mass is 9.95. The quantitative estimate of drug-likeness (QED) is 0.423. The summed E-state index contributed by atoms with van der Waals surface area (Å²) in [5, 5.41) is 7.08. The van der Waals surface area contributed by atoms with Gasteiger partial charge in [-0.15, -0.1) is 0 Å². The van der Waals surface area contributed by atoms with Crippen LogP contribution in [0.3, 0.4) is 0 Å². The van der Waals surface area contributed by atoms with Gasteiger partial charge in [0.15, 0.2) is 5.96 Å². The van der Waals surface area contributed by atoms with Crippen LogP contribution in [0.2, 0.25) is 0 Å². The normalized spacial score (nSPS) is 21.4. The van der Waals surface area contributed by atoms with Crippen molar-refractivity contribution in [3.05, 3.63) is 35.4 Å². The number of esters is 1. The van der Waals surface area contributed by atoms with Crippen LogP contribution < -0.4 is 10.6 Å². The van der Waals surface area contributed by atoms with Crippen molar-refractivity contribution in [2.24, 2.45) is 4.99 Å². The maximum atomic E-state index is 12.1. The smallest absolute Gasteiger partial charge is 0.337 e. The van der Waals surface area contributed by atoms with Crippen LogP contribution in [0.25, 0.3) is 0 Å². The van der Waals surface area contributed by atoms with Gasteiger partial charge in [-0.1, -0.05) is 25.5 Å². The fourth-order valence-electron chi connectivity index (χ4n) is 3.30. The average molecular weight is 394 g/mol. The first-order valence-electron chi connectivity index (χ1n) is 9.66. The summed E-state index contributed by atoms with van der Waals surface area (Å²) in [6.45, 7) is 5.33. The van der Waals surface area contributed by atoms with Gasteiger partial charge in [0.05, 0.1) is 19.2 Å². The van der Waals surface area contributed by atoms with E-state index in [2.05, 4.69) is 15.6 Å². The van der Waals surface area contributed by atoms with E-state index in [4.69, 9.17) is 4.74 Å². The summed E-state index contributed by atoms with van der Waals surface area (Å²) in [4.78, 5) is 16.2. The van der Waals surface area contributed by atoms with Gasteiger partial charge in [-0.2, -0.15) is 0 Å². The minimum absolute atomic E-state index is 0.287. The number of ether oxygens (including phenoxy) is 1. The second kappa shape index (κ2) is 11.1. The summed E-state index contributed by atoms with van der Waals surface area (Å²) in [7, 11) is 0.645. The molecule has 150 valence electrons. The van der Waals surface area contributed by atoms with Gasteiger partial charge in [0.1, 0.15) is 0 Å². The molecule has 0 bridgehead atoms. The molecule has 2 rings (SSSR count). The van der Waals surface area contributed by atoms with Gasteiger partial charge >= 0.3 is 5.97 Å². The minimum Gasteiger partial charge on any atom is -0.465 e. The Morgan fingerprint density at radius 1 is 1.26 bits per heavy atom. The van der Waals surface area contributed by atoms with Gasteiger partial charge in [-0.25, -0.2) is 9.79 Å². The number of carbonyl (C=O) groups excluding carboxylic acids is 1. The Labute approximate surface area is 164 Å². The van der Waals surface area contributed by atoms with Crippen LogP contribution >= 0.6 is 0 Å². The lowest BCUT2D eigenvalue weighted by Crippen LogP contribution is -2.46. The van der Waals surface area contributed by atoms with Crippen molar-refractivity contribution in [3.63, 3.8) is 0 Å². The van der Waals surface area contributed by atoms with Crippen molar-refractivity contribution in [2.45, 2.75) is 57.4 Å². The van der Waals surface area contributed by atoms with Gasteiger partial charge in [0.25, 0.3) is 0 Å². The molecule has 0 radical (unpaired) electrons. The van der Waals surface area contributed by atoms with Crippen molar-refractivity contribution in [2.75, 3.05) is 19.4 Å². The monoisotopic (exact) mass is 393 g/mol. The molecule has 1 aliphatic rings. The molecule has 3 unspecified atom stereocenters. The minimum atomic E-state index is -0.731. The fraction of sp³-hybridized carbons (Fsp3) is 0.600. The van der Waals surface area contributed by atoms with E-state index in [0.29, 0.717) is 18.2 Å². The van der Waals surface area contributed by atoms with Crippen molar-refractivity contribution in [3.8, 4) is 0 Å². The molecule has 27 heavy (non-hydrogen) atoms. The molecule has 7 heteroatoms. The zero-order chi connectivity index (χ0) is 19.6. The molecule has 0 heterocycles. The van der Waals surface area contributed by atoms with Gasteiger partial charge < -0.3 is 15.4 Å². The number of methoxy groups -OCH3 is 1. The molecule has 1 aliphatic carbocycles. The van der Waals surface area contributed by atoms with Crippen LogP contribution in [0.4, 0.5) is 0 Å². The van der Waals surface area contributed by atoms with E-state index >= 15 is 0 Å². The zero-order valence-electron chi connectivity index (χ0n) is 16.5. The SMILES string of the molecule is CCNC(=NCc1ccc(C(=O)OC)cc1)NC1CCCC(S(=O)CC)C1. The molecule has 2 N–H and O–H groups in total. The maximum Gasteiger partial charge on any atom is 0.337 e. The third-order valence-electron chi connectivity index (χ3n) is 4.76. The first kappa shape index (κ1) is 21.4. The summed E-state index contributed by atoms with van der Waals surface area (Å²) in [5.41, 5.74) is 1.56. The molecular formula is C20H31N3O3S. The second-order valence-electron chi connectivity index (χ2n) is 6.68. The molecule has 1 fully saturated rings. The number of hydrogen-bond acceptors (Lipinski definition) is 4. The lowest BCUT2D eigenvalue weighted by Gasteiger charge is -2.30. The van der Waals surface area contributed by atoms with Crippen molar-refractivity contribution >= 4 is 22.7 Å². The van der Waals surface area contributed by atoms with Crippen LogP contribution in [-0.4, -0.2) is 46.8 Å². The summed E-state index contributed by atoms with van der Waals surface area (Å²) >= 11 is 0. The number of nitrogens with zero attached hydrogens (tertiary/aromatic N) is 1. The van der Waals surface area contributed by atoms with E-state index in [-0.39, 0.29) is 11.2 Å². The topological polar surface area (TPSA) is 79.8 Å². The largest absolute Gasteiger partial charge is 0.465 e. The van der Waals surface area contributed by atoms with Gasteiger partial charge in [-0.05, 0) is 43.9 Å². The van der Waals surface area contributed by atoms with Crippen LogP contribution in [0, 0.1) is 0 Å². The standard InChI is InChI=1S/C20H31N3O3S/c1-4-21-20(23-17-7-6-8-18(13-17)27(25)5-2)22-14-15-9-11-16(12-10-15)19(24)26-3/h9-12,17-18H,4-8,13-14H2,1-3H3,(H2,21,22,23). The van der Waals surface area contributed by atoms with Crippen LogP contribution in [0.5, 0.6) is 0 Å². The molecule has 0 aliphatic heterocycles. The Hall–Kier alpha value is -1.89. The molecule has 1 saturated carbocycles. The maximum absolute atomic E-state index is 12.1. The molecule has 6 nitrogen and oxygen atoms in total. The molecule has 1 aromatic rings. The molecule has 0 amide bonds. The summed E-state index contributed by atoms with van der Waals surface area (Å²) in [5.74, 6) is 1.17. The highest BCUT2D eigenvalue weighted by atomic mass is 32.2. The predicted molar refractivity (Wildman–Crippen MR) is 110 cm³/mol. The average Bonchev–Trinajstić information content (AvgIpc) is 2.71. The number of nitrogens with one attached hydrogen (secondary N) is 2. The first-order valence-corrected chi connectivity index (χ1v) is 11.0. The van der Waals surface area contributed by atoms with E-state index in [1.807, 2.05) is 26.0 Å². The van der Waals surface area contributed by atoms with E-state index in [9.17, 15) is 9.00 Å². The molecule has 0 aromatic heterocycles. The Morgan fingerprint density at radius 3 is 2.63 bits per heavy atom. The number of guanidine groups is 1. The van der Waals surface area contributed by atoms with Gasteiger partial charge in [0, 0.05) is 34.4 Å². The van der Waals surface area contributed by atoms with Crippen LogP contribution in [0.15, 0.2) is 29.3 Å². The Kier molecular flexibility index (Phi) is 8.78. The molecular weight excluding hydrogens is 362 g/mol. The fourth-order valence-corrected chi connectivity index (χ4v) is 4.65. The Morgan fingerprint density at radius 2 is 2.00 bits per heavy atom. The summed E-state index contributed by atoms with van der Waals surface area (Å²) in [6, 6.07) is 7.59. The highest BCUT2D eigenvalue weighted by molar-refractivity contribution is 7.85. The number of rotatable bonds is 7. The van der Waals surface area contributed by atoms with Crippen molar-refractivity contribution in [1.29, 1.82) is 0 Å². The van der Waals surface area contributed by atoms with Crippen molar-refractivity contribution < 1.29 is 13.7 Å². The van der Waals surface area contributed by atoms with E-state index in [1.54, 1.807) is 12.1 Å². The zero-order valence-corrected chi connectivity index (χ0v) is 17.3. The third-order valence-corrected chi connectivity index (χ3v) is 6.50. The predicted octanol–water partition coefficient (Wildman–Crippen LogP) is 2.61. The molecule has 0 spiro atoms. The third kappa shape index (κ3) is 6.65. The second-order valence-corrected chi connectivity index (χ2v) is 8.69. The Bertz CT molecular complexity index is 661. The highest BCUT2D eigenvalue weighted by Crippen LogP contribution is 2.23. The van der Waals surface area contributed by atoms with Gasteiger partial charge in [0.2, 0.25) is 0 Å². The number of hydrogen-bond donors (Lipinski definition) is 2. The summed E-state index contributed by atoms with van der Waals surface area (Å²) < 4.78 is 16.9. The number of benzene rings is 1. The molecule has 3 atom stereocenters. The summed E-state index contributed by atoms with van der Waals surface area (Å²) in [6.07, 6.45) is 4.16. The first-order chi connectivity index (χ1) is 13.1. The highest BCUT2D eigenvalue weighted by Gasteiger charge is 2.26. The van der Waals surface area contributed by atoms with E-state index < -0.39 is 10.8 Å². The van der Waals surface area contributed by atoms with Gasteiger partial charge in [-0.3, -0.25) is 4.21 Å². The van der Waals surface area contributed by atoms with Crippen molar-refractivity contribution in [1.82, 2.24) is 10.6 Å². The lowest BCUT2D eigenvalue weighted by molar-refractivity contribution is 0.0600. The molecule has 0 saturated heterocycles. The van der Waals surface area contributed by atoms with E-state index in [1.165, 1.54) is 7.11 Å². The number of carbonyl (C=O) groups is 1. The van der Waals surface area contributed by atoms with Crippen LogP contribution in [-0.2, 0) is 22.1 Å². The van der Waals surface area contributed by atoms with Crippen LogP contribution in [0.1, 0.15) is 55.5 Å². The molecule has 1 aromatic carbocycles. The number of aliphatic imine (C=N–C) groups is 1.